The summed E-state index contributed by atoms with van der Waals surface area (Å²) in [7, 11) is 0. The molecule has 2 aliphatic rings. The molecule has 168 valence electrons. The van der Waals surface area contributed by atoms with E-state index in [-0.39, 0.29) is 48.0 Å². The van der Waals surface area contributed by atoms with Crippen LogP contribution in [0.15, 0.2) is 12.1 Å². The van der Waals surface area contributed by atoms with Crippen molar-refractivity contribution in [1.29, 1.82) is 0 Å². The summed E-state index contributed by atoms with van der Waals surface area (Å²) in [4.78, 5) is 48.6. The maximum absolute atomic E-state index is 12.1. The Labute approximate surface area is 185 Å². The quantitative estimate of drug-likeness (QED) is 0.218. The third-order valence-corrected chi connectivity index (χ3v) is 6.88. The van der Waals surface area contributed by atoms with Crippen molar-refractivity contribution in [3.8, 4) is 11.5 Å². The van der Waals surface area contributed by atoms with Gasteiger partial charge in [0.25, 0.3) is 5.91 Å². The Morgan fingerprint density at radius 3 is 2.61 bits per heavy atom. The van der Waals surface area contributed by atoms with E-state index in [1.54, 1.807) is 6.92 Å². The Morgan fingerprint density at radius 2 is 1.97 bits per heavy atom. The average molecular weight is 474 g/mol. The van der Waals surface area contributed by atoms with Crippen LogP contribution in [0.4, 0.5) is 4.79 Å². The van der Waals surface area contributed by atoms with Crippen LogP contribution >= 0.6 is 23.4 Å². The fourth-order valence-electron chi connectivity index (χ4n) is 3.40. The zero-order valence-corrected chi connectivity index (χ0v) is 17.8. The van der Waals surface area contributed by atoms with Crippen LogP contribution in [0, 0.1) is 0 Å². The second-order valence-electron chi connectivity index (χ2n) is 7.18. The van der Waals surface area contributed by atoms with Gasteiger partial charge < -0.3 is 35.6 Å². The number of nitrogens with one attached hydrogen (secondary N) is 2. The van der Waals surface area contributed by atoms with Crippen molar-refractivity contribution in [2.45, 2.75) is 29.5 Å². The molecule has 2 saturated heterocycles. The molecule has 0 radical (unpaired) electrons. The van der Waals surface area contributed by atoms with Crippen molar-refractivity contribution in [1.82, 2.24) is 15.5 Å². The number of hydrogen-bond acceptors (Lipinski definition) is 8. The highest BCUT2D eigenvalue weighted by molar-refractivity contribution is 8.01. The highest BCUT2D eigenvalue weighted by Gasteiger charge is 2.61. The number of alkyl carbamates (subject to hydrolysis) is 1. The molecule has 2 heterocycles. The van der Waals surface area contributed by atoms with Crippen LogP contribution in [0.25, 0.3) is 0 Å². The molecule has 5 N–H and O–H groups in total. The van der Waals surface area contributed by atoms with Crippen LogP contribution in [0.3, 0.4) is 0 Å². The Bertz CT molecular complexity index is 945. The number of phenolic OH excluding ortho intramolecular Hbond substituents is 2. The van der Waals surface area contributed by atoms with Gasteiger partial charge in [0.05, 0.1) is 27.1 Å². The number of phenols is 2. The van der Waals surface area contributed by atoms with E-state index in [2.05, 4.69) is 10.6 Å². The number of ether oxygens (including phenoxy) is 1. The number of aromatic hydroxyl groups is 2. The normalized spacial score (nSPS) is 24.2. The third-order valence-electron chi connectivity index (χ3n) is 4.95. The Kier molecular flexibility index (Phi) is 6.41. The van der Waals surface area contributed by atoms with E-state index in [0.29, 0.717) is 0 Å². The number of benzene rings is 1. The molecule has 0 unspecified atom stereocenters. The van der Waals surface area contributed by atoms with Crippen molar-refractivity contribution in [2.75, 3.05) is 19.7 Å². The predicted octanol–water partition coefficient (Wildman–Crippen LogP) is 0.724. The van der Waals surface area contributed by atoms with E-state index in [1.165, 1.54) is 22.7 Å². The number of aliphatic carboxylic acids is 1. The SMILES string of the molecule is C[C@@]1(COC(=O)NCCNC(=O)c2ccc(O)c(O)c2Cl)S[C@@H]2CC(=O)N2[C@H]1C(=O)O. The van der Waals surface area contributed by atoms with Gasteiger partial charge in [-0.1, -0.05) is 11.6 Å². The number of carbonyl (C=O) groups excluding carboxylic acids is 3. The Morgan fingerprint density at radius 1 is 1.29 bits per heavy atom. The molecule has 0 bridgehead atoms. The van der Waals surface area contributed by atoms with Gasteiger partial charge in [-0.05, 0) is 19.1 Å². The number of amides is 3. The first-order valence-corrected chi connectivity index (χ1v) is 10.4. The smallest absolute Gasteiger partial charge is 0.407 e. The fourth-order valence-corrected chi connectivity index (χ4v) is 5.31. The van der Waals surface area contributed by atoms with Gasteiger partial charge in [-0.25, -0.2) is 9.59 Å². The fraction of sp³-hybridized carbons (Fsp3) is 0.444. The highest BCUT2D eigenvalue weighted by atomic mass is 35.5. The third kappa shape index (κ3) is 4.44. The van der Waals surface area contributed by atoms with Crippen LogP contribution < -0.4 is 10.6 Å². The zero-order chi connectivity index (χ0) is 22.9. The minimum absolute atomic E-state index is 0.00566. The first-order chi connectivity index (χ1) is 14.5. The van der Waals surface area contributed by atoms with Crippen molar-refractivity contribution in [3.63, 3.8) is 0 Å². The first kappa shape index (κ1) is 22.8. The number of halogens is 1. The topological polar surface area (TPSA) is 166 Å². The molecule has 31 heavy (non-hydrogen) atoms. The van der Waals surface area contributed by atoms with Crippen molar-refractivity contribution < 1.29 is 39.2 Å². The summed E-state index contributed by atoms with van der Waals surface area (Å²) in [6.45, 7) is 1.44. The molecule has 2 fully saturated rings. The first-order valence-electron chi connectivity index (χ1n) is 9.16. The number of nitrogens with zero attached hydrogens (tertiary/aromatic N) is 1. The highest BCUT2D eigenvalue weighted by Crippen LogP contribution is 2.51. The zero-order valence-electron chi connectivity index (χ0n) is 16.3. The van der Waals surface area contributed by atoms with Gasteiger partial charge in [0.2, 0.25) is 5.91 Å². The molecule has 11 nitrogen and oxygen atoms in total. The van der Waals surface area contributed by atoms with E-state index >= 15 is 0 Å². The summed E-state index contributed by atoms with van der Waals surface area (Å²) in [5.74, 6) is -3.09. The molecule has 0 spiro atoms. The molecule has 1 aromatic carbocycles. The van der Waals surface area contributed by atoms with Crippen molar-refractivity contribution >= 4 is 47.2 Å². The van der Waals surface area contributed by atoms with Gasteiger partial charge >= 0.3 is 12.1 Å². The van der Waals surface area contributed by atoms with Crippen LogP contribution in [0.2, 0.25) is 5.02 Å². The molecule has 13 heteroatoms. The van der Waals surface area contributed by atoms with E-state index in [1.807, 2.05) is 0 Å². The molecule has 2 aliphatic heterocycles. The molecular weight excluding hydrogens is 454 g/mol. The lowest BCUT2D eigenvalue weighted by atomic mass is 9.97. The maximum atomic E-state index is 12.1. The average Bonchev–Trinajstić information content (AvgIpc) is 2.95. The second kappa shape index (κ2) is 8.71. The summed E-state index contributed by atoms with van der Waals surface area (Å²) in [6, 6.07) is 1.28. The number of fused-ring (bicyclic) bond motifs is 1. The molecule has 0 aliphatic carbocycles. The maximum Gasteiger partial charge on any atom is 0.407 e. The predicted molar refractivity (Wildman–Crippen MR) is 109 cm³/mol. The molecule has 3 rings (SSSR count). The van der Waals surface area contributed by atoms with Gasteiger partial charge in [-0.2, -0.15) is 0 Å². The van der Waals surface area contributed by atoms with Gasteiger partial charge in [0.1, 0.15) is 12.6 Å². The van der Waals surface area contributed by atoms with Gasteiger partial charge in [-0.3, -0.25) is 9.59 Å². The number of rotatable bonds is 7. The van der Waals surface area contributed by atoms with Gasteiger partial charge in [0.15, 0.2) is 11.5 Å². The monoisotopic (exact) mass is 473 g/mol. The van der Waals surface area contributed by atoms with Crippen LogP contribution in [0.5, 0.6) is 11.5 Å². The van der Waals surface area contributed by atoms with E-state index in [0.717, 1.165) is 6.07 Å². The van der Waals surface area contributed by atoms with Crippen molar-refractivity contribution in [2.24, 2.45) is 0 Å². The minimum atomic E-state index is -1.16. The largest absolute Gasteiger partial charge is 0.504 e. The summed E-state index contributed by atoms with van der Waals surface area (Å²) in [5.41, 5.74) is -0.0513. The van der Waals surface area contributed by atoms with Crippen molar-refractivity contribution in [3.05, 3.63) is 22.7 Å². The standard InChI is InChI=1S/C18H20ClN3O8S/c1-18(14(16(27)28)22-10(24)6-11(22)31-18)7-30-17(29)21-5-4-20-15(26)8-2-3-9(23)13(25)12(8)19/h2-3,11,14,23,25H,4-7H2,1H3,(H,20,26)(H,21,29)(H,27,28)/t11-,14+,18+/m1/s1. The summed E-state index contributed by atoms with van der Waals surface area (Å²) < 4.78 is 4.16. The number of carboxylic acid groups (broad SMARTS) is 1. The second-order valence-corrected chi connectivity index (χ2v) is 9.28. The Balaban J connectivity index is 1.44. The lowest BCUT2D eigenvalue weighted by Crippen LogP contribution is -2.58. The van der Waals surface area contributed by atoms with Gasteiger partial charge in [0, 0.05) is 13.1 Å². The minimum Gasteiger partial charge on any atom is -0.504 e. The van der Waals surface area contributed by atoms with Gasteiger partial charge in [-0.15, -0.1) is 11.8 Å². The molecule has 0 saturated carbocycles. The lowest BCUT2D eigenvalue weighted by Gasteiger charge is -2.36. The number of thioether (sulfide) groups is 1. The molecule has 3 amide bonds. The number of hydrogen-bond donors (Lipinski definition) is 5. The Hall–Kier alpha value is -2.86. The summed E-state index contributed by atoms with van der Waals surface area (Å²) >= 11 is 7.10. The van der Waals surface area contributed by atoms with E-state index < -0.39 is 40.3 Å². The van der Waals surface area contributed by atoms with E-state index in [4.69, 9.17) is 16.3 Å². The lowest BCUT2D eigenvalue weighted by molar-refractivity contribution is -0.157. The summed E-state index contributed by atoms with van der Waals surface area (Å²) in [6.07, 6.45) is -0.542. The van der Waals surface area contributed by atoms with Crippen LogP contribution in [0.1, 0.15) is 23.7 Å². The van der Waals surface area contributed by atoms with Crippen LogP contribution in [-0.2, 0) is 14.3 Å². The number of carbonyl (C=O) groups is 4. The van der Waals surface area contributed by atoms with Crippen LogP contribution in [-0.4, -0.2) is 80.0 Å². The number of carboxylic acids is 1. The molecule has 3 atom stereocenters. The molecule has 0 aromatic heterocycles. The molecular formula is C18H20ClN3O8S. The molecule has 1 aromatic rings. The summed E-state index contributed by atoms with van der Waals surface area (Å²) in [5, 5.41) is 32.8. The van der Waals surface area contributed by atoms with E-state index in [9.17, 15) is 34.5 Å². The number of β-lactam (4-membered cyclic amide) rings is 1.